The molecule has 19 heavy (non-hydrogen) atoms. The maximum atomic E-state index is 12.3. The Morgan fingerprint density at radius 3 is 2.63 bits per heavy atom. The highest BCUT2D eigenvalue weighted by molar-refractivity contribution is 7.89. The number of hydrogen-bond acceptors (Lipinski definition) is 3. The van der Waals surface area contributed by atoms with Gasteiger partial charge in [-0.1, -0.05) is 6.92 Å². The maximum Gasteiger partial charge on any atom is 0.270 e. The molecule has 0 radical (unpaired) electrons. The normalized spacial score (nSPS) is 15.5. The van der Waals surface area contributed by atoms with E-state index in [0.29, 0.717) is 12.2 Å². The summed E-state index contributed by atoms with van der Waals surface area (Å²) in [6.07, 6.45) is 4.27. The minimum absolute atomic E-state index is 0.00602. The average molecular weight is 285 g/mol. The molecule has 0 aliphatic heterocycles. The van der Waals surface area contributed by atoms with E-state index in [-0.39, 0.29) is 16.8 Å². The van der Waals surface area contributed by atoms with Gasteiger partial charge >= 0.3 is 0 Å². The van der Waals surface area contributed by atoms with Crippen LogP contribution in [-0.4, -0.2) is 36.9 Å². The molecular weight excluding hydrogens is 266 g/mol. The van der Waals surface area contributed by atoms with Gasteiger partial charge in [0.2, 0.25) is 10.0 Å². The molecule has 0 atom stereocenters. The standard InChI is InChI=1S/C12H19N3O3S/c1-3-6-15-8-10(19(13,17)18)7-11(15)12(16)14(2)9-4-5-9/h7-9H,3-6H2,1-2H3,(H2,13,17,18). The van der Waals surface area contributed by atoms with Crippen LogP contribution in [0.3, 0.4) is 0 Å². The van der Waals surface area contributed by atoms with Gasteiger partial charge < -0.3 is 9.47 Å². The zero-order chi connectivity index (χ0) is 14.2. The quantitative estimate of drug-likeness (QED) is 0.867. The van der Waals surface area contributed by atoms with Gasteiger partial charge in [-0.15, -0.1) is 0 Å². The zero-order valence-corrected chi connectivity index (χ0v) is 12.0. The summed E-state index contributed by atoms with van der Waals surface area (Å²) in [6, 6.07) is 1.65. The topological polar surface area (TPSA) is 85.4 Å². The Kier molecular flexibility index (Phi) is 3.69. The summed E-state index contributed by atoms with van der Waals surface area (Å²) in [5.74, 6) is -0.147. The van der Waals surface area contributed by atoms with Crippen LogP contribution in [0.25, 0.3) is 0 Å². The molecule has 0 spiro atoms. The van der Waals surface area contributed by atoms with Crippen molar-refractivity contribution in [2.75, 3.05) is 7.05 Å². The molecule has 1 saturated carbocycles. The Morgan fingerprint density at radius 2 is 2.16 bits per heavy atom. The lowest BCUT2D eigenvalue weighted by molar-refractivity contribution is 0.0774. The maximum absolute atomic E-state index is 12.3. The van der Waals surface area contributed by atoms with Crippen molar-refractivity contribution in [3.05, 3.63) is 18.0 Å². The second-order valence-electron chi connectivity index (χ2n) is 4.95. The first-order chi connectivity index (χ1) is 8.84. The molecule has 1 aliphatic rings. The molecule has 1 fully saturated rings. The lowest BCUT2D eigenvalue weighted by Gasteiger charge is -2.17. The molecule has 0 aromatic carbocycles. The Bertz CT molecular complexity index is 587. The van der Waals surface area contributed by atoms with Crippen molar-refractivity contribution < 1.29 is 13.2 Å². The molecule has 2 N–H and O–H groups in total. The van der Waals surface area contributed by atoms with E-state index in [1.54, 1.807) is 16.5 Å². The molecule has 1 aromatic heterocycles. The van der Waals surface area contributed by atoms with Crippen molar-refractivity contribution in [1.82, 2.24) is 9.47 Å². The minimum Gasteiger partial charge on any atom is -0.342 e. The van der Waals surface area contributed by atoms with Crippen LogP contribution in [0.2, 0.25) is 0 Å². The van der Waals surface area contributed by atoms with Crippen molar-refractivity contribution in [1.29, 1.82) is 0 Å². The number of aromatic nitrogens is 1. The number of nitrogens with two attached hydrogens (primary N) is 1. The van der Waals surface area contributed by atoms with Gasteiger partial charge in [-0.25, -0.2) is 13.6 Å². The van der Waals surface area contributed by atoms with E-state index < -0.39 is 10.0 Å². The monoisotopic (exact) mass is 285 g/mol. The van der Waals surface area contributed by atoms with Gasteiger partial charge in [-0.3, -0.25) is 4.79 Å². The van der Waals surface area contributed by atoms with Gasteiger partial charge in [0.1, 0.15) is 10.6 Å². The molecule has 2 rings (SSSR count). The van der Waals surface area contributed by atoms with Crippen molar-refractivity contribution in [3.63, 3.8) is 0 Å². The first kappa shape index (κ1) is 14.1. The van der Waals surface area contributed by atoms with E-state index in [1.165, 1.54) is 12.3 Å². The predicted molar refractivity (Wildman–Crippen MR) is 71.2 cm³/mol. The molecule has 0 saturated heterocycles. The number of sulfonamides is 1. The van der Waals surface area contributed by atoms with Gasteiger partial charge in [-0.05, 0) is 25.3 Å². The predicted octanol–water partition coefficient (Wildman–Crippen LogP) is 0.780. The third-order valence-corrected chi connectivity index (χ3v) is 4.18. The lowest BCUT2D eigenvalue weighted by atomic mass is 10.3. The summed E-state index contributed by atoms with van der Waals surface area (Å²) < 4.78 is 24.4. The molecule has 1 aliphatic carbocycles. The number of amides is 1. The third kappa shape index (κ3) is 2.98. The number of nitrogens with zero attached hydrogens (tertiary/aromatic N) is 2. The Hall–Kier alpha value is -1.34. The van der Waals surface area contributed by atoms with Crippen molar-refractivity contribution in [2.24, 2.45) is 5.14 Å². The number of primary sulfonamides is 1. The van der Waals surface area contributed by atoms with Crippen molar-refractivity contribution >= 4 is 15.9 Å². The second kappa shape index (κ2) is 4.97. The number of rotatable bonds is 5. The van der Waals surface area contributed by atoms with E-state index in [0.717, 1.165) is 19.3 Å². The summed E-state index contributed by atoms with van der Waals surface area (Å²) in [6.45, 7) is 2.56. The molecule has 1 heterocycles. The number of aryl methyl sites for hydroxylation is 1. The summed E-state index contributed by atoms with van der Waals surface area (Å²) in [5.41, 5.74) is 0.389. The van der Waals surface area contributed by atoms with E-state index in [1.807, 2.05) is 6.92 Å². The van der Waals surface area contributed by atoms with Crippen LogP contribution in [-0.2, 0) is 16.6 Å². The molecular formula is C12H19N3O3S. The highest BCUT2D eigenvalue weighted by Crippen LogP contribution is 2.27. The van der Waals surface area contributed by atoms with Crippen LogP contribution in [0.15, 0.2) is 17.2 Å². The molecule has 1 aromatic rings. The fourth-order valence-electron chi connectivity index (χ4n) is 2.05. The second-order valence-corrected chi connectivity index (χ2v) is 6.51. The highest BCUT2D eigenvalue weighted by Gasteiger charge is 2.31. The SMILES string of the molecule is CCCn1cc(S(N)(=O)=O)cc1C(=O)N(C)C1CC1. The van der Waals surface area contributed by atoms with Crippen molar-refractivity contribution in [2.45, 2.75) is 43.7 Å². The Labute approximate surface area is 113 Å². The molecule has 0 unspecified atom stereocenters. The number of carbonyl (C=O) groups excluding carboxylic acids is 1. The first-order valence-electron chi connectivity index (χ1n) is 6.34. The van der Waals surface area contributed by atoms with Gasteiger partial charge in [0.05, 0.1) is 0 Å². The fraction of sp³-hybridized carbons (Fsp3) is 0.583. The Balaban J connectivity index is 2.36. The molecule has 0 bridgehead atoms. The lowest BCUT2D eigenvalue weighted by Crippen LogP contribution is -2.30. The van der Waals surface area contributed by atoms with E-state index in [4.69, 9.17) is 5.14 Å². The van der Waals surface area contributed by atoms with Crippen molar-refractivity contribution in [3.8, 4) is 0 Å². The minimum atomic E-state index is -3.78. The summed E-state index contributed by atoms with van der Waals surface area (Å²) in [4.78, 5) is 14.0. The fourth-order valence-corrected chi connectivity index (χ4v) is 2.60. The van der Waals surface area contributed by atoms with Gasteiger partial charge in [0.15, 0.2) is 0 Å². The zero-order valence-electron chi connectivity index (χ0n) is 11.2. The van der Waals surface area contributed by atoms with Gasteiger partial charge in [0, 0.05) is 25.8 Å². The van der Waals surface area contributed by atoms with Gasteiger partial charge in [-0.2, -0.15) is 0 Å². The largest absolute Gasteiger partial charge is 0.342 e. The van der Waals surface area contributed by atoms with Crippen LogP contribution >= 0.6 is 0 Å². The summed E-state index contributed by atoms with van der Waals surface area (Å²) >= 11 is 0. The van der Waals surface area contributed by atoms with Crippen LogP contribution in [0, 0.1) is 0 Å². The van der Waals surface area contributed by atoms with E-state index in [2.05, 4.69) is 0 Å². The molecule has 1 amide bonds. The molecule has 7 heteroatoms. The number of carbonyl (C=O) groups is 1. The summed E-state index contributed by atoms with van der Waals surface area (Å²) in [5, 5.41) is 5.12. The Morgan fingerprint density at radius 1 is 1.53 bits per heavy atom. The third-order valence-electron chi connectivity index (χ3n) is 3.30. The first-order valence-corrected chi connectivity index (χ1v) is 7.89. The van der Waals surface area contributed by atoms with Crippen LogP contribution < -0.4 is 5.14 Å². The highest BCUT2D eigenvalue weighted by atomic mass is 32.2. The van der Waals surface area contributed by atoms with Gasteiger partial charge in [0.25, 0.3) is 5.91 Å². The van der Waals surface area contributed by atoms with Crippen LogP contribution in [0.5, 0.6) is 0 Å². The summed E-state index contributed by atoms with van der Waals surface area (Å²) in [7, 11) is -2.03. The molecule has 6 nitrogen and oxygen atoms in total. The molecule has 106 valence electrons. The smallest absolute Gasteiger partial charge is 0.270 e. The number of hydrogen-bond donors (Lipinski definition) is 1. The van der Waals surface area contributed by atoms with E-state index >= 15 is 0 Å². The van der Waals surface area contributed by atoms with Crippen LogP contribution in [0.4, 0.5) is 0 Å². The van der Waals surface area contributed by atoms with Crippen LogP contribution in [0.1, 0.15) is 36.7 Å². The average Bonchev–Trinajstić information content (AvgIpc) is 3.08. The van der Waals surface area contributed by atoms with E-state index in [9.17, 15) is 13.2 Å².